The van der Waals surface area contributed by atoms with Crippen LogP contribution in [0.1, 0.15) is 21.6 Å². The first-order valence-corrected chi connectivity index (χ1v) is 9.02. The zero-order chi connectivity index (χ0) is 19.7. The Bertz CT molecular complexity index is 1020. The second-order valence-corrected chi connectivity index (χ2v) is 6.85. The van der Waals surface area contributed by atoms with Crippen LogP contribution in [0.2, 0.25) is 0 Å². The maximum absolute atomic E-state index is 12.9. The highest BCUT2D eigenvalue weighted by Crippen LogP contribution is 2.28. The van der Waals surface area contributed by atoms with Gasteiger partial charge in [0.25, 0.3) is 5.91 Å². The van der Waals surface area contributed by atoms with Crippen molar-refractivity contribution in [2.24, 2.45) is 0 Å². The lowest BCUT2D eigenvalue weighted by Gasteiger charge is -2.30. The lowest BCUT2D eigenvalue weighted by molar-refractivity contribution is 0.0732. The average molecular weight is 375 g/mol. The molecule has 0 saturated heterocycles. The second kappa shape index (κ2) is 7.22. The number of aromatic nitrogens is 4. The molecule has 142 valence electrons. The van der Waals surface area contributed by atoms with E-state index in [1.807, 2.05) is 37.2 Å². The number of rotatable bonds is 3. The van der Waals surface area contributed by atoms with Crippen molar-refractivity contribution in [2.75, 3.05) is 31.3 Å². The Morgan fingerprint density at radius 1 is 1.14 bits per heavy atom. The first-order valence-electron chi connectivity index (χ1n) is 9.02. The summed E-state index contributed by atoms with van der Waals surface area (Å²) in [7, 11) is 3.92. The van der Waals surface area contributed by atoms with E-state index in [9.17, 15) is 4.79 Å². The molecule has 8 nitrogen and oxygen atoms in total. The van der Waals surface area contributed by atoms with Crippen LogP contribution in [0.5, 0.6) is 0 Å². The van der Waals surface area contributed by atoms with E-state index >= 15 is 0 Å². The molecule has 1 amide bonds. The van der Waals surface area contributed by atoms with Crippen LogP contribution >= 0.6 is 0 Å². The smallest absolute Gasteiger partial charge is 0.254 e. The van der Waals surface area contributed by atoms with Crippen molar-refractivity contribution in [1.29, 1.82) is 0 Å². The molecule has 1 aliphatic rings. The molecule has 1 aliphatic heterocycles. The third-order valence-electron chi connectivity index (χ3n) is 4.68. The van der Waals surface area contributed by atoms with E-state index in [0.717, 1.165) is 17.1 Å². The molecule has 0 bridgehead atoms. The molecule has 0 aliphatic carbocycles. The van der Waals surface area contributed by atoms with Gasteiger partial charge in [-0.15, -0.1) is 0 Å². The number of nitrogen functional groups attached to an aromatic ring is 1. The van der Waals surface area contributed by atoms with Crippen LogP contribution in [-0.4, -0.2) is 51.4 Å². The van der Waals surface area contributed by atoms with Crippen molar-refractivity contribution in [3.05, 3.63) is 59.5 Å². The van der Waals surface area contributed by atoms with Gasteiger partial charge in [-0.1, -0.05) is 6.07 Å². The molecular weight excluding hydrogens is 354 g/mol. The number of nitrogens with two attached hydrogens (primary N) is 1. The summed E-state index contributed by atoms with van der Waals surface area (Å²) in [5.74, 6) is 1.68. The van der Waals surface area contributed by atoms with Crippen LogP contribution in [-0.2, 0) is 13.0 Å². The molecule has 0 atom stereocenters. The summed E-state index contributed by atoms with van der Waals surface area (Å²) in [5, 5.41) is 0. The number of fused-ring (bicyclic) bond motifs is 1. The van der Waals surface area contributed by atoms with Gasteiger partial charge >= 0.3 is 0 Å². The number of pyridine rings is 2. The molecule has 0 spiro atoms. The van der Waals surface area contributed by atoms with E-state index in [1.165, 1.54) is 0 Å². The second-order valence-electron chi connectivity index (χ2n) is 6.85. The van der Waals surface area contributed by atoms with Crippen LogP contribution < -0.4 is 10.6 Å². The van der Waals surface area contributed by atoms with Crippen molar-refractivity contribution in [3.8, 4) is 11.5 Å². The molecule has 4 heterocycles. The van der Waals surface area contributed by atoms with Gasteiger partial charge in [-0.3, -0.25) is 9.78 Å². The van der Waals surface area contributed by atoms with Crippen molar-refractivity contribution in [1.82, 2.24) is 24.8 Å². The SMILES string of the molecule is CN(C)c1nc(-c2ccccn2)nc2c1CCN(C(=O)c1ccnc(N)c1)C2. The fourth-order valence-corrected chi connectivity index (χ4v) is 3.33. The van der Waals surface area contributed by atoms with E-state index in [1.54, 1.807) is 29.4 Å². The Balaban J connectivity index is 1.71. The van der Waals surface area contributed by atoms with Crippen molar-refractivity contribution in [3.63, 3.8) is 0 Å². The zero-order valence-electron chi connectivity index (χ0n) is 15.8. The van der Waals surface area contributed by atoms with Crippen molar-refractivity contribution in [2.45, 2.75) is 13.0 Å². The number of nitrogens with zero attached hydrogens (tertiary/aromatic N) is 6. The Hall–Kier alpha value is -3.55. The zero-order valence-corrected chi connectivity index (χ0v) is 15.8. The van der Waals surface area contributed by atoms with Crippen LogP contribution in [0.25, 0.3) is 11.5 Å². The minimum absolute atomic E-state index is 0.0795. The van der Waals surface area contributed by atoms with Gasteiger partial charge in [-0.05, 0) is 30.7 Å². The van der Waals surface area contributed by atoms with Gasteiger partial charge in [-0.25, -0.2) is 15.0 Å². The topological polar surface area (TPSA) is 101 Å². The third kappa shape index (κ3) is 3.36. The van der Waals surface area contributed by atoms with Gasteiger partial charge in [0.05, 0.1) is 12.2 Å². The highest BCUT2D eigenvalue weighted by Gasteiger charge is 2.27. The van der Waals surface area contributed by atoms with E-state index in [-0.39, 0.29) is 5.91 Å². The molecule has 0 radical (unpaired) electrons. The predicted molar refractivity (Wildman–Crippen MR) is 107 cm³/mol. The number of carbonyl (C=O) groups excluding carboxylic acids is 1. The molecule has 0 aromatic carbocycles. The van der Waals surface area contributed by atoms with E-state index in [2.05, 4.69) is 9.97 Å². The fraction of sp³-hybridized carbons (Fsp3) is 0.250. The number of amides is 1. The quantitative estimate of drug-likeness (QED) is 0.744. The van der Waals surface area contributed by atoms with Gasteiger partial charge in [0.2, 0.25) is 0 Å². The lowest BCUT2D eigenvalue weighted by Crippen LogP contribution is -2.37. The first kappa shape index (κ1) is 17.8. The average Bonchev–Trinajstić information content (AvgIpc) is 2.72. The van der Waals surface area contributed by atoms with Gasteiger partial charge in [-0.2, -0.15) is 0 Å². The van der Waals surface area contributed by atoms with Crippen molar-refractivity contribution < 1.29 is 4.79 Å². The standard InChI is InChI=1S/C20H21N7O/c1-26(2)19-14-7-10-27(20(28)13-6-9-23-17(21)11-13)12-16(14)24-18(25-19)15-5-3-4-8-22-15/h3-6,8-9,11H,7,10,12H2,1-2H3,(H2,21,23). The molecule has 28 heavy (non-hydrogen) atoms. The highest BCUT2D eigenvalue weighted by molar-refractivity contribution is 5.94. The van der Waals surface area contributed by atoms with Gasteiger partial charge in [0.15, 0.2) is 5.82 Å². The third-order valence-corrected chi connectivity index (χ3v) is 4.68. The Morgan fingerprint density at radius 3 is 2.71 bits per heavy atom. The molecule has 3 aromatic heterocycles. The minimum Gasteiger partial charge on any atom is -0.384 e. The summed E-state index contributed by atoms with van der Waals surface area (Å²) >= 11 is 0. The molecule has 2 N–H and O–H groups in total. The number of hydrogen-bond acceptors (Lipinski definition) is 7. The largest absolute Gasteiger partial charge is 0.384 e. The van der Waals surface area contributed by atoms with Gasteiger partial charge < -0.3 is 15.5 Å². The lowest BCUT2D eigenvalue weighted by atomic mass is 10.0. The fourth-order valence-electron chi connectivity index (χ4n) is 3.33. The summed E-state index contributed by atoms with van der Waals surface area (Å²) in [5.41, 5.74) is 8.88. The van der Waals surface area contributed by atoms with Crippen LogP contribution in [0.15, 0.2) is 42.7 Å². The molecular formula is C20H21N7O. The Morgan fingerprint density at radius 2 is 2.00 bits per heavy atom. The molecule has 3 aromatic rings. The number of anilines is 2. The van der Waals surface area contributed by atoms with Gasteiger partial charge in [0.1, 0.15) is 17.3 Å². The molecule has 0 fully saturated rings. The first-order chi connectivity index (χ1) is 13.5. The normalized spacial score (nSPS) is 13.1. The molecule has 8 heteroatoms. The summed E-state index contributed by atoms with van der Waals surface area (Å²) in [6.45, 7) is 1.01. The van der Waals surface area contributed by atoms with Crippen LogP contribution in [0, 0.1) is 0 Å². The number of hydrogen-bond donors (Lipinski definition) is 1. The molecule has 0 unspecified atom stereocenters. The van der Waals surface area contributed by atoms with Crippen LogP contribution in [0.4, 0.5) is 11.6 Å². The Kier molecular flexibility index (Phi) is 4.60. The predicted octanol–water partition coefficient (Wildman–Crippen LogP) is 1.78. The van der Waals surface area contributed by atoms with E-state index in [0.29, 0.717) is 42.4 Å². The Labute approximate surface area is 163 Å². The van der Waals surface area contributed by atoms with E-state index in [4.69, 9.17) is 15.7 Å². The van der Waals surface area contributed by atoms with Crippen molar-refractivity contribution >= 4 is 17.5 Å². The highest BCUT2D eigenvalue weighted by atomic mass is 16.2. The summed E-state index contributed by atoms with van der Waals surface area (Å²) in [6.07, 6.45) is 3.96. The minimum atomic E-state index is -0.0795. The monoisotopic (exact) mass is 375 g/mol. The van der Waals surface area contributed by atoms with Crippen LogP contribution in [0.3, 0.4) is 0 Å². The van der Waals surface area contributed by atoms with E-state index < -0.39 is 0 Å². The van der Waals surface area contributed by atoms with Gasteiger partial charge in [0, 0.05) is 44.2 Å². The summed E-state index contributed by atoms with van der Waals surface area (Å²) in [4.78, 5) is 34.5. The number of carbonyl (C=O) groups is 1. The maximum atomic E-state index is 12.9. The maximum Gasteiger partial charge on any atom is 0.254 e. The summed E-state index contributed by atoms with van der Waals surface area (Å²) in [6, 6.07) is 8.92. The summed E-state index contributed by atoms with van der Waals surface area (Å²) < 4.78 is 0. The molecule has 0 saturated carbocycles. The molecule has 4 rings (SSSR count).